The molecule has 6 heteroatoms. The Balaban J connectivity index is 2.02. The lowest BCUT2D eigenvalue weighted by molar-refractivity contribution is -0.142. The van der Waals surface area contributed by atoms with Crippen LogP contribution < -0.4 is 0 Å². The first-order chi connectivity index (χ1) is 10.8. The van der Waals surface area contributed by atoms with Crippen LogP contribution in [0, 0.1) is 17.6 Å². The Kier molecular flexibility index (Phi) is 5.98. The SMILES string of the molecule is FCCCCC1CCC(c2cc(F)c(C(F)(F)F)c(F)c2)CC1. The van der Waals surface area contributed by atoms with E-state index in [1.54, 1.807) is 0 Å². The Bertz CT molecular complexity index is 491. The van der Waals surface area contributed by atoms with Crippen molar-refractivity contribution < 1.29 is 26.3 Å². The maximum atomic E-state index is 13.6. The molecule has 1 aromatic carbocycles. The fourth-order valence-electron chi connectivity index (χ4n) is 3.41. The van der Waals surface area contributed by atoms with E-state index in [2.05, 4.69) is 0 Å². The van der Waals surface area contributed by atoms with Crippen LogP contribution in [0.3, 0.4) is 0 Å². The second-order valence-electron chi connectivity index (χ2n) is 6.26. The first-order valence-corrected chi connectivity index (χ1v) is 7.95. The van der Waals surface area contributed by atoms with Gasteiger partial charge in [-0.2, -0.15) is 13.2 Å². The van der Waals surface area contributed by atoms with Gasteiger partial charge in [0, 0.05) is 0 Å². The molecule has 1 fully saturated rings. The van der Waals surface area contributed by atoms with Gasteiger partial charge >= 0.3 is 6.18 Å². The summed E-state index contributed by atoms with van der Waals surface area (Å²) in [6.07, 6.45) is 0.412. The minimum absolute atomic E-state index is 0.112. The van der Waals surface area contributed by atoms with E-state index in [-0.39, 0.29) is 12.6 Å². The zero-order valence-corrected chi connectivity index (χ0v) is 12.7. The first kappa shape index (κ1) is 18.1. The normalized spacial score (nSPS) is 22.3. The smallest absolute Gasteiger partial charge is 0.251 e. The average Bonchev–Trinajstić information content (AvgIpc) is 2.46. The van der Waals surface area contributed by atoms with Crippen LogP contribution in [0.4, 0.5) is 26.3 Å². The van der Waals surface area contributed by atoms with Crippen molar-refractivity contribution >= 4 is 0 Å². The van der Waals surface area contributed by atoms with Crippen molar-refractivity contribution in [2.75, 3.05) is 6.67 Å². The molecule has 1 aliphatic rings. The molecule has 1 saturated carbocycles. The molecule has 0 N–H and O–H groups in total. The molecule has 0 amide bonds. The van der Waals surface area contributed by atoms with Crippen LogP contribution in [0.15, 0.2) is 12.1 Å². The molecule has 0 saturated heterocycles. The van der Waals surface area contributed by atoms with E-state index >= 15 is 0 Å². The quantitative estimate of drug-likeness (QED) is 0.430. The summed E-state index contributed by atoms with van der Waals surface area (Å²) < 4.78 is 77.1. The number of rotatable bonds is 5. The third-order valence-electron chi connectivity index (χ3n) is 4.66. The summed E-state index contributed by atoms with van der Waals surface area (Å²) in [6, 6.07) is 1.64. The molecule has 1 aromatic rings. The molecular weight excluding hydrogens is 318 g/mol. The van der Waals surface area contributed by atoms with Crippen LogP contribution in [0.5, 0.6) is 0 Å². The third kappa shape index (κ3) is 4.64. The highest BCUT2D eigenvalue weighted by Gasteiger charge is 2.38. The van der Waals surface area contributed by atoms with Crippen LogP contribution in [0.2, 0.25) is 0 Å². The van der Waals surface area contributed by atoms with Gasteiger partial charge in [0.15, 0.2) is 0 Å². The second-order valence-corrected chi connectivity index (χ2v) is 6.26. The van der Waals surface area contributed by atoms with E-state index in [0.717, 1.165) is 37.8 Å². The van der Waals surface area contributed by atoms with Gasteiger partial charge in [0.25, 0.3) is 0 Å². The van der Waals surface area contributed by atoms with Gasteiger partial charge in [-0.05, 0) is 61.6 Å². The standard InChI is InChI=1S/C17H20F6/c18-8-2-1-3-11-4-6-12(7-5-11)13-9-14(19)16(15(20)10-13)17(21,22)23/h9-12H,1-8H2. The minimum atomic E-state index is -5.03. The zero-order chi connectivity index (χ0) is 17.0. The van der Waals surface area contributed by atoms with Gasteiger partial charge in [0.1, 0.15) is 17.2 Å². The van der Waals surface area contributed by atoms with Crippen molar-refractivity contribution in [3.8, 4) is 0 Å². The summed E-state index contributed by atoms with van der Waals surface area (Å²) in [5, 5.41) is 0. The third-order valence-corrected chi connectivity index (χ3v) is 4.66. The molecule has 0 aromatic heterocycles. The summed E-state index contributed by atoms with van der Waals surface area (Å²) in [4.78, 5) is 0. The van der Waals surface area contributed by atoms with Crippen molar-refractivity contribution in [1.82, 2.24) is 0 Å². The van der Waals surface area contributed by atoms with Gasteiger partial charge in [-0.15, -0.1) is 0 Å². The second kappa shape index (κ2) is 7.58. The highest BCUT2D eigenvalue weighted by molar-refractivity contribution is 5.30. The molecule has 0 spiro atoms. The Morgan fingerprint density at radius 2 is 1.48 bits per heavy atom. The van der Waals surface area contributed by atoms with Gasteiger partial charge in [-0.25, -0.2) is 8.78 Å². The fraction of sp³-hybridized carbons (Fsp3) is 0.647. The molecule has 2 rings (SSSR count). The summed E-state index contributed by atoms with van der Waals surface area (Å²) in [7, 11) is 0. The van der Waals surface area contributed by atoms with Gasteiger partial charge in [0.2, 0.25) is 0 Å². The molecule has 0 nitrogen and oxygen atoms in total. The molecule has 0 unspecified atom stereocenters. The lowest BCUT2D eigenvalue weighted by atomic mass is 9.77. The summed E-state index contributed by atoms with van der Waals surface area (Å²) in [6.45, 7) is -0.320. The van der Waals surface area contributed by atoms with Crippen molar-refractivity contribution in [2.45, 2.75) is 57.0 Å². The van der Waals surface area contributed by atoms with Crippen LogP contribution in [0.1, 0.15) is 62.0 Å². The van der Waals surface area contributed by atoms with Crippen molar-refractivity contribution in [1.29, 1.82) is 0 Å². The molecule has 0 bridgehead atoms. The lowest BCUT2D eigenvalue weighted by Crippen LogP contribution is -2.16. The predicted molar refractivity (Wildman–Crippen MR) is 75.9 cm³/mol. The topological polar surface area (TPSA) is 0 Å². The molecule has 0 atom stereocenters. The molecule has 0 radical (unpaired) electrons. The predicted octanol–water partition coefficient (Wildman–Crippen LogP) is 6.40. The number of benzene rings is 1. The van der Waals surface area contributed by atoms with E-state index in [9.17, 15) is 26.3 Å². The fourth-order valence-corrected chi connectivity index (χ4v) is 3.41. The van der Waals surface area contributed by atoms with Crippen molar-refractivity contribution in [2.24, 2.45) is 5.92 Å². The van der Waals surface area contributed by atoms with E-state index in [1.807, 2.05) is 0 Å². The molecule has 130 valence electrons. The van der Waals surface area contributed by atoms with Gasteiger partial charge in [-0.3, -0.25) is 4.39 Å². The molecule has 23 heavy (non-hydrogen) atoms. The lowest BCUT2D eigenvalue weighted by Gasteiger charge is -2.29. The van der Waals surface area contributed by atoms with E-state index in [0.29, 0.717) is 30.7 Å². The first-order valence-electron chi connectivity index (χ1n) is 7.95. The van der Waals surface area contributed by atoms with Gasteiger partial charge < -0.3 is 0 Å². The average molecular weight is 338 g/mol. The Morgan fingerprint density at radius 1 is 0.913 bits per heavy atom. The van der Waals surface area contributed by atoms with Crippen LogP contribution in [0.25, 0.3) is 0 Å². The summed E-state index contributed by atoms with van der Waals surface area (Å²) in [5.41, 5.74) is -1.52. The van der Waals surface area contributed by atoms with E-state index in [1.165, 1.54) is 0 Å². The number of hydrogen-bond acceptors (Lipinski definition) is 0. The molecule has 0 heterocycles. The van der Waals surface area contributed by atoms with E-state index < -0.39 is 23.4 Å². The number of halogens is 6. The van der Waals surface area contributed by atoms with Crippen LogP contribution in [-0.4, -0.2) is 6.67 Å². The maximum Gasteiger partial charge on any atom is 0.422 e. The van der Waals surface area contributed by atoms with Crippen molar-refractivity contribution in [3.05, 3.63) is 34.9 Å². The Morgan fingerprint density at radius 3 is 1.96 bits per heavy atom. The maximum absolute atomic E-state index is 13.6. The van der Waals surface area contributed by atoms with Crippen LogP contribution in [-0.2, 0) is 6.18 Å². The molecule has 0 aliphatic heterocycles. The summed E-state index contributed by atoms with van der Waals surface area (Å²) in [5.74, 6) is -2.73. The number of hydrogen-bond donors (Lipinski definition) is 0. The molecule has 1 aliphatic carbocycles. The Labute approximate surface area is 131 Å². The van der Waals surface area contributed by atoms with Crippen LogP contribution >= 0.6 is 0 Å². The van der Waals surface area contributed by atoms with Gasteiger partial charge in [-0.1, -0.05) is 12.8 Å². The van der Waals surface area contributed by atoms with E-state index in [4.69, 9.17) is 0 Å². The monoisotopic (exact) mass is 338 g/mol. The highest BCUT2D eigenvalue weighted by atomic mass is 19.4. The zero-order valence-electron chi connectivity index (χ0n) is 12.7. The van der Waals surface area contributed by atoms with Gasteiger partial charge in [0.05, 0.1) is 6.67 Å². The minimum Gasteiger partial charge on any atom is -0.251 e. The highest BCUT2D eigenvalue weighted by Crippen LogP contribution is 2.40. The largest absolute Gasteiger partial charge is 0.422 e. The number of alkyl halides is 4. The number of unbranched alkanes of at least 4 members (excludes halogenated alkanes) is 1. The Hall–Kier alpha value is -1.20. The van der Waals surface area contributed by atoms with Crippen molar-refractivity contribution in [3.63, 3.8) is 0 Å². The summed E-state index contributed by atoms with van der Waals surface area (Å²) >= 11 is 0. The molecular formula is C17H20F6.